The highest BCUT2D eigenvalue weighted by atomic mass is 32.2. The Kier molecular flexibility index (Phi) is 12.2. The second-order valence-electron chi connectivity index (χ2n) is 18.6. The number of amides is 3. The first-order valence-electron chi connectivity index (χ1n) is 38.1. The Labute approximate surface area is 569 Å². The summed E-state index contributed by atoms with van der Waals surface area (Å²) in [6, 6.07) is 4.03. The Morgan fingerprint density at radius 1 is 0.444 bits per heavy atom. The molecule has 0 bridgehead atoms. The molecule has 24 nitrogen and oxygen atoms in total. The molecule has 9 rings (SSSR count). The Bertz CT molecular complexity index is 5840. The summed E-state index contributed by atoms with van der Waals surface area (Å²) in [5.41, 5.74) is -6.01. The fourth-order valence-corrected chi connectivity index (χ4v) is 14.3. The van der Waals surface area contributed by atoms with Crippen molar-refractivity contribution in [2.75, 3.05) is 30.1 Å². The molecule has 9 aromatic rings. The Hall–Kier alpha value is -8.94. The standard InChI is InChI=1S/3C20H21N3O5S2/c3*1-10-8-11(2)17(15(9-10)14(5)24)21-19(25)18-16(6-7-29-18)30(26,27)23-20-12(3)13(4)22-28-20/h3*6-9,23H,1-5H3,(H,21,25)/i1D3,2D3,5D3,8D;3D3,5D3,8D;5D3,8D/hD6. The SMILES string of the molecule is [2H]c1c(C([2H])([2H])[2H])cc(C(=O)C([2H])([2H])[2H])c(N([2H])C(=O)c2sccc2S(=O)(=O)N([2H])c2onc(C)c2C)c1C([2H])([2H])[2H].[2H]c1c(C)cc(C(=O)C([2H])([2H])[2H])c(N([2H])C(=O)c2sccc2S(=O)(=O)N([2H])c2onc(C)c2C([2H])([2H])[2H])c1C.[2H]c1c(C)cc(C(=O)C([2H])([2H])[2H])c(N([2H])C(=O)c2sccc2S(=O)(=O)N([2H])c2onc(C)c2C)c1C. The highest BCUT2D eigenvalue weighted by molar-refractivity contribution is 7.93. The number of aromatic nitrogens is 3. The molecule has 0 aliphatic carbocycles. The van der Waals surface area contributed by atoms with Crippen LogP contribution in [0.25, 0.3) is 0 Å². The van der Waals surface area contributed by atoms with Gasteiger partial charge in [0.25, 0.3) is 47.8 Å². The van der Waals surface area contributed by atoms with Crippen LogP contribution in [-0.2, 0) is 30.1 Å². The van der Waals surface area contributed by atoms with Gasteiger partial charge in [0.1, 0.15) is 29.3 Å². The maximum atomic E-state index is 13.6. The largest absolute Gasteiger partial charge is 0.337 e. The van der Waals surface area contributed by atoms with Crippen LogP contribution >= 0.6 is 34.0 Å². The first kappa shape index (κ1) is 39.9. The normalized spacial score (nSPS) is 16.6. The molecule has 6 aromatic heterocycles. The van der Waals surface area contributed by atoms with Gasteiger partial charge < -0.3 is 29.5 Å². The van der Waals surface area contributed by atoms with E-state index in [1.165, 1.54) is 66.2 Å². The lowest BCUT2D eigenvalue weighted by Gasteiger charge is -2.14. The molecular weight excluding hydrogens is 1280 g/mol. The van der Waals surface area contributed by atoms with Crippen LogP contribution in [0, 0.1) is 82.9 Å². The van der Waals surface area contributed by atoms with E-state index in [2.05, 4.69) is 15.5 Å². The van der Waals surface area contributed by atoms with Crippen LogP contribution in [0.4, 0.5) is 34.7 Å². The predicted octanol–water partition coefficient (Wildman–Crippen LogP) is 12.7. The number of rotatable bonds is 18. The second-order valence-corrected chi connectivity index (χ2v) is 26.1. The number of carbonyl (C=O) groups is 6. The number of Topliss-reactive ketones (excluding diaryl/α,β-unsaturated/α-hetero) is 3. The van der Waals surface area contributed by atoms with Crippen LogP contribution in [0.2, 0.25) is 8.47 Å². The van der Waals surface area contributed by atoms with Gasteiger partial charge in [-0.05, 0) is 189 Å². The minimum Gasteiger partial charge on any atom is -0.337 e. The molecule has 0 atom stereocenters. The van der Waals surface area contributed by atoms with E-state index in [4.69, 9.17) is 50.8 Å². The molecule has 0 unspecified atom stereocenters. The van der Waals surface area contributed by atoms with Crippen molar-refractivity contribution in [3.05, 3.63) is 169 Å². The number of aryl methyl sites for hydroxylation is 6. The third-order valence-corrected chi connectivity index (χ3v) is 19.2. The molecule has 0 aliphatic rings. The van der Waals surface area contributed by atoms with Gasteiger partial charge >= 0.3 is 0 Å². The van der Waals surface area contributed by atoms with Gasteiger partial charge in [-0.15, -0.1) is 34.0 Å². The monoisotopic (exact) mass is 1370 g/mol. The van der Waals surface area contributed by atoms with E-state index in [1.807, 2.05) is 0 Å². The number of nitrogens with one attached hydrogen (secondary N) is 6. The van der Waals surface area contributed by atoms with Crippen LogP contribution in [0.3, 0.4) is 0 Å². The molecule has 30 heteroatoms. The fourth-order valence-electron chi connectivity index (χ4n) is 7.56. The minimum absolute atomic E-state index is 0.0122. The van der Waals surface area contributed by atoms with Crippen molar-refractivity contribution >= 4 is 134 Å². The Morgan fingerprint density at radius 2 is 0.756 bits per heavy atom. The average Bonchev–Trinajstić information content (AvgIpc) is 1.46. The van der Waals surface area contributed by atoms with Crippen LogP contribution in [0.1, 0.15) is 177 Å². The van der Waals surface area contributed by atoms with E-state index in [9.17, 15) is 54.0 Å². The summed E-state index contributed by atoms with van der Waals surface area (Å²) in [7, 11) is -14.6. The number of sulfonamides is 3. The molecule has 0 radical (unpaired) electrons. The van der Waals surface area contributed by atoms with E-state index in [0.717, 1.165) is 35.7 Å². The van der Waals surface area contributed by atoms with Gasteiger partial charge in [-0.1, -0.05) is 33.6 Å². The van der Waals surface area contributed by atoms with Crippen LogP contribution in [0.5, 0.6) is 0 Å². The lowest BCUT2D eigenvalue weighted by molar-refractivity contribution is 0.100. The topological polar surface area (TPSA) is 355 Å². The summed E-state index contributed by atoms with van der Waals surface area (Å²) in [6.07, 6.45) is 0. The molecule has 0 saturated carbocycles. The lowest BCUT2D eigenvalue weighted by Crippen LogP contribution is -2.20. The van der Waals surface area contributed by atoms with E-state index >= 15 is 0 Å². The molecule has 3 aromatic carbocycles. The zero-order valence-corrected chi connectivity index (χ0v) is 52.7. The number of nitrogens with zero attached hydrogens (tertiary/aromatic N) is 3. The van der Waals surface area contributed by atoms with Crippen LogP contribution < -0.4 is 30.1 Å². The van der Waals surface area contributed by atoms with Gasteiger partial charge in [0.05, 0.1) is 38.3 Å². The third kappa shape index (κ3) is 15.4. The number of ketones is 3. The van der Waals surface area contributed by atoms with Gasteiger partial charge in [-0.3, -0.25) is 28.8 Å². The van der Waals surface area contributed by atoms with Crippen molar-refractivity contribution in [2.45, 2.75) is 118 Å². The highest BCUT2D eigenvalue weighted by Gasteiger charge is 2.31. The second kappa shape index (κ2) is 27.4. The summed E-state index contributed by atoms with van der Waals surface area (Å²) < 4.78 is 305. The number of hydrogen-bond acceptors (Lipinski definition) is 21. The Morgan fingerprint density at radius 3 is 1.06 bits per heavy atom. The summed E-state index contributed by atoms with van der Waals surface area (Å²) in [6.45, 7) is -6.49. The van der Waals surface area contributed by atoms with Gasteiger partial charge in [0, 0.05) is 58.1 Å². The van der Waals surface area contributed by atoms with Gasteiger partial charge in [0.2, 0.25) is 17.7 Å². The average molecular weight is 1370 g/mol. The van der Waals surface area contributed by atoms with Gasteiger partial charge in [0.15, 0.2) is 25.8 Å². The summed E-state index contributed by atoms with van der Waals surface area (Å²) in [4.78, 5) is 74.5. The first-order valence-corrected chi connectivity index (χ1v) is 31.9. The molecule has 3 amide bonds. The third-order valence-electron chi connectivity index (χ3n) is 12.1. The maximum Gasteiger partial charge on any atom is 0.267 e. The molecular formula is C60H63N9O15S6. The molecule has 474 valence electrons. The fraction of sp³-hybridized carbons (Fsp3) is 0.250. The zero-order chi connectivity index (χ0) is 89.5. The lowest BCUT2D eigenvalue weighted by atomic mass is 10.0. The highest BCUT2D eigenvalue weighted by Crippen LogP contribution is 2.34. The van der Waals surface area contributed by atoms with Gasteiger partial charge in [-0.25, -0.2) is 39.4 Å². The van der Waals surface area contributed by atoms with E-state index in [-0.39, 0.29) is 87.2 Å². The zero-order valence-electron chi connectivity index (χ0n) is 74.8. The van der Waals surface area contributed by atoms with Crippen LogP contribution in [-0.4, -0.2) is 75.8 Å². The van der Waals surface area contributed by atoms with Crippen molar-refractivity contribution in [1.29, 1.82) is 0 Å². The molecule has 0 aliphatic heterocycles. The molecule has 0 saturated heterocycles. The predicted molar refractivity (Wildman–Crippen MR) is 345 cm³/mol. The summed E-state index contributed by atoms with van der Waals surface area (Å²) in [5, 5.41) is 14.2. The number of hydrogen-bond donors (Lipinski definition) is 6. The smallest absolute Gasteiger partial charge is 0.267 e. The van der Waals surface area contributed by atoms with Crippen molar-refractivity contribution in [3.8, 4) is 0 Å². The summed E-state index contributed by atoms with van der Waals surface area (Å²) in [5.74, 6) is -10.4. The number of benzene rings is 3. The number of thiophene rings is 3. The molecule has 0 fully saturated rings. The molecule has 6 heterocycles. The van der Waals surface area contributed by atoms with E-state index in [1.54, 1.807) is 6.92 Å². The Balaban J connectivity index is 0.000000243. The van der Waals surface area contributed by atoms with Crippen molar-refractivity contribution in [1.82, 2.24) is 15.5 Å². The van der Waals surface area contributed by atoms with E-state index < -0.39 is 204 Å². The number of anilines is 6. The van der Waals surface area contributed by atoms with Crippen LogP contribution in [0.15, 0.2) is 98.9 Å². The van der Waals surface area contributed by atoms with Crippen molar-refractivity contribution < 1.29 is 105 Å². The van der Waals surface area contributed by atoms with Crippen molar-refractivity contribution in [2.24, 2.45) is 0 Å². The van der Waals surface area contributed by atoms with Crippen molar-refractivity contribution in [3.63, 3.8) is 0 Å². The molecule has 90 heavy (non-hydrogen) atoms. The number of carbonyl (C=O) groups excluding carboxylic acids is 6. The van der Waals surface area contributed by atoms with Gasteiger partial charge in [-0.2, -0.15) is 0 Å². The minimum atomic E-state index is -4.98. The maximum absolute atomic E-state index is 13.6. The van der Waals surface area contributed by atoms with E-state index in [0.29, 0.717) is 51.3 Å². The first-order chi connectivity index (χ1) is 53.2. The summed E-state index contributed by atoms with van der Waals surface area (Å²) >= 11 is 1.69. The molecule has 6 N–H and O–H groups in total. The molecule has 0 spiro atoms. The quantitative estimate of drug-likeness (QED) is 0.0435.